The molecule has 1 aromatic carbocycles. The minimum absolute atomic E-state index is 0.0631. The van der Waals surface area contributed by atoms with Crippen molar-refractivity contribution in [3.8, 4) is 0 Å². The summed E-state index contributed by atoms with van der Waals surface area (Å²) in [5.41, 5.74) is 0.928. The van der Waals surface area contributed by atoms with Crippen molar-refractivity contribution in [2.24, 2.45) is 0 Å². The number of anilines is 1. The van der Waals surface area contributed by atoms with Gasteiger partial charge in [0.2, 0.25) is 11.0 Å². The van der Waals surface area contributed by atoms with Crippen molar-refractivity contribution in [3.63, 3.8) is 0 Å². The molecule has 7 nitrogen and oxygen atoms in total. The fourth-order valence-electron chi connectivity index (χ4n) is 2.08. The van der Waals surface area contributed by atoms with E-state index in [1.807, 2.05) is 0 Å². The van der Waals surface area contributed by atoms with E-state index in [4.69, 9.17) is 11.6 Å². The van der Waals surface area contributed by atoms with Crippen molar-refractivity contribution < 1.29 is 17.6 Å². The van der Waals surface area contributed by atoms with Gasteiger partial charge in [-0.25, -0.2) is 12.8 Å². The van der Waals surface area contributed by atoms with Crippen LogP contribution in [0.25, 0.3) is 0 Å². The zero-order chi connectivity index (χ0) is 21.0. The van der Waals surface area contributed by atoms with Gasteiger partial charge in [-0.3, -0.25) is 10.1 Å². The van der Waals surface area contributed by atoms with E-state index >= 15 is 0 Å². The lowest BCUT2D eigenvalue weighted by atomic mass is 10.2. The number of thiophene rings is 1. The van der Waals surface area contributed by atoms with Crippen molar-refractivity contribution in [1.82, 2.24) is 14.5 Å². The summed E-state index contributed by atoms with van der Waals surface area (Å²) in [5.74, 6) is -0.258. The van der Waals surface area contributed by atoms with Crippen molar-refractivity contribution in [2.75, 3.05) is 18.9 Å². The number of benzene rings is 1. The van der Waals surface area contributed by atoms with E-state index in [0.717, 1.165) is 21.2 Å². The van der Waals surface area contributed by atoms with Crippen LogP contribution in [0.5, 0.6) is 0 Å². The van der Waals surface area contributed by atoms with Crippen LogP contribution in [-0.2, 0) is 20.6 Å². The molecule has 154 valence electrons. The van der Waals surface area contributed by atoms with Crippen LogP contribution >= 0.6 is 46.0 Å². The van der Waals surface area contributed by atoms with Crippen LogP contribution in [0.15, 0.2) is 44.9 Å². The minimum atomic E-state index is -3.80. The summed E-state index contributed by atoms with van der Waals surface area (Å²) in [6.07, 6.45) is 0. The molecule has 0 spiro atoms. The number of nitrogens with one attached hydrogen (secondary N) is 1. The number of hydrogen-bond donors (Lipinski definition) is 1. The maximum atomic E-state index is 12.9. The summed E-state index contributed by atoms with van der Waals surface area (Å²) in [5, 5.41) is 10.7. The van der Waals surface area contributed by atoms with Gasteiger partial charge in [0.25, 0.3) is 10.0 Å². The lowest BCUT2D eigenvalue weighted by molar-refractivity contribution is -0.116. The van der Waals surface area contributed by atoms with Gasteiger partial charge in [0.1, 0.15) is 10.0 Å². The Morgan fingerprint density at radius 3 is 2.59 bits per heavy atom. The fourth-order valence-corrected chi connectivity index (χ4v) is 6.62. The summed E-state index contributed by atoms with van der Waals surface area (Å²) in [4.78, 5) is 12.2. The lowest BCUT2D eigenvalue weighted by Gasteiger charge is -2.14. The number of thioether (sulfide) groups is 1. The van der Waals surface area contributed by atoms with E-state index < -0.39 is 15.9 Å². The molecule has 3 aromatic rings. The monoisotopic (exact) mass is 492 g/mol. The Labute approximate surface area is 184 Å². The number of hydrogen-bond acceptors (Lipinski definition) is 8. The van der Waals surface area contributed by atoms with Gasteiger partial charge >= 0.3 is 0 Å². The van der Waals surface area contributed by atoms with Crippen LogP contribution in [0.2, 0.25) is 4.34 Å². The standard InChI is InChI=1S/C16H14ClFN4O3S4/c1-22(29(24,25)14-7-6-12(17)27-14)8-13(23)19-15-20-21-16(28-15)26-9-10-2-4-11(18)5-3-10/h2-7H,8-9H2,1H3,(H,19,20,23). The molecule has 0 fully saturated rings. The molecule has 29 heavy (non-hydrogen) atoms. The van der Waals surface area contributed by atoms with Gasteiger partial charge in [-0.15, -0.1) is 21.5 Å². The largest absolute Gasteiger partial charge is 0.299 e. The van der Waals surface area contributed by atoms with Crippen LogP contribution in [-0.4, -0.2) is 42.4 Å². The third-order valence-corrected chi connectivity index (χ3v) is 9.05. The van der Waals surface area contributed by atoms with Crippen molar-refractivity contribution in [2.45, 2.75) is 14.3 Å². The first-order valence-corrected chi connectivity index (χ1v) is 12.4. The summed E-state index contributed by atoms with van der Waals surface area (Å²) in [7, 11) is -2.49. The van der Waals surface area contributed by atoms with Gasteiger partial charge in [-0.1, -0.05) is 46.8 Å². The molecule has 0 atom stereocenters. The summed E-state index contributed by atoms with van der Waals surface area (Å²) < 4.78 is 39.7. The molecule has 0 saturated heterocycles. The van der Waals surface area contributed by atoms with E-state index in [1.165, 1.54) is 54.4 Å². The first-order chi connectivity index (χ1) is 13.7. The molecule has 0 aliphatic rings. The van der Waals surface area contributed by atoms with Crippen LogP contribution in [0.1, 0.15) is 5.56 Å². The average Bonchev–Trinajstić information content (AvgIpc) is 3.30. The lowest BCUT2D eigenvalue weighted by Crippen LogP contribution is -2.34. The Morgan fingerprint density at radius 2 is 1.93 bits per heavy atom. The van der Waals surface area contributed by atoms with Crippen molar-refractivity contribution in [1.29, 1.82) is 0 Å². The summed E-state index contributed by atoms with van der Waals surface area (Å²) >= 11 is 9.27. The Hall–Kier alpha value is -1.57. The molecule has 0 aliphatic carbocycles. The van der Waals surface area contributed by atoms with E-state index in [2.05, 4.69) is 15.5 Å². The Balaban J connectivity index is 1.53. The molecule has 13 heteroatoms. The van der Waals surface area contributed by atoms with E-state index in [0.29, 0.717) is 14.4 Å². The Kier molecular flexibility index (Phi) is 7.24. The highest BCUT2D eigenvalue weighted by atomic mass is 35.5. The first kappa shape index (κ1) is 22.1. The van der Waals surface area contributed by atoms with Crippen LogP contribution < -0.4 is 5.32 Å². The maximum Gasteiger partial charge on any atom is 0.252 e. The third kappa shape index (κ3) is 5.96. The van der Waals surface area contributed by atoms with Crippen LogP contribution in [0, 0.1) is 5.82 Å². The second-order valence-corrected chi connectivity index (χ2v) is 11.8. The van der Waals surface area contributed by atoms with E-state index in [-0.39, 0.29) is 21.7 Å². The SMILES string of the molecule is CN(CC(=O)Nc1nnc(SCc2ccc(F)cc2)s1)S(=O)(=O)c1ccc(Cl)s1. The second kappa shape index (κ2) is 9.49. The number of amides is 1. The van der Waals surface area contributed by atoms with Gasteiger partial charge in [0.05, 0.1) is 10.9 Å². The molecular formula is C16H14ClFN4O3S4. The van der Waals surface area contributed by atoms with Gasteiger partial charge in [0.15, 0.2) is 4.34 Å². The van der Waals surface area contributed by atoms with Crippen molar-refractivity contribution in [3.05, 3.63) is 52.1 Å². The maximum absolute atomic E-state index is 12.9. The predicted molar refractivity (Wildman–Crippen MR) is 114 cm³/mol. The second-order valence-electron chi connectivity index (χ2n) is 5.66. The smallest absolute Gasteiger partial charge is 0.252 e. The van der Waals surface area contributed by atoms with Gasteiger partial charge in [-0.05, 0) is 29.8 Å². The molecule has 1 N–H and O–H groups in total. The number of rotatable bonds is 8. The number of carbonyl (C=O) groups excluding carboxylic acids is 1. The first-order valence-electron chi connectivity index (χ1n) is 7.96. The van der Waals surface area contributed by atoms with Crippen molar-refractivity contribution >= 4 is 67.1 Å². The highest BCUT2D eigenvalue weighted by Crippen LogP contribution is 2.29. The molecule has 0 radical (unpaired) electrons. The molecule has 0 aliphatic heterocycles. The third-order valence-electron chi connectivity index (χ3n) is 3.51. The molecule has 0 bridgehead atoms. The van der Waals surface area contributed by atoms with Gasteiger partial charge in [0, 0.05) is 12.8 Å². The number of nitrogens with zero attached hydrogens (tertiary/aromatic N) is 3. The van der Waals surface area contributed by atoms with Crippen LogP contribution in [0.4, 0.5) is 9.52 Å². The molecule has 1 amide bonds. The van der Waals surface area contributed by atoms with E-state index in [9.17, 15) is 17.6 Å². The molecule has 3 rings (SSSR count). The average molecular weight is 493 g/mol. The number of halogens is 2. The van der Waals surface area contributed by atoms with Crippen LogP contribution in [0.3, 0.4) is 0 Å². The quantitative estimate of drug-likeness (QED) is 0.378. The van der Waals surface area contributed by atoms with Gasteiger partial charge < -0.3 is 0 Å². The molecule has 2 heterocycles. The molecule has 0 saturated carbocycles. The molecule has 0 unspecified atom stereocenters. The topological polar surface area (TPSA) is 92.3 Å². The summed E-state index contributed by atoms with van der Waals surface area (Å²) in [6, 6.07) is 9.02. The highest BCUT2D eigenvalue weighted by Gasteiger charge is 2.25. The minimum Gasteiger partial charge on any atom is -0.299 e. The highest BCUT2D eigenvalue weighted by molar-refractivity contribution is 8.00. The number of aromatic nitrogens is 2. The zero-order valence-corrected chi connectivity index (χ0v) is 18.9. The number of carbonyl (C=O) groups is 1. The Morgan fingerprint density at radius 1 is 1.21 bits per heavy atom. The van der Waals surface area contributed by atoms with Gasteiger partial charge in [-0.2, -0.15) is 4.31 Å². The number of sulfonamides is 1. The fraction of sp³-hybridized carbons (Fsp3) is 0.188. The molecule has 2 aromatic heterocycles. The number of likely N-dealkylation sites (N-methyl/N-ethyl adjacent to an activating group) is 1. The normalized spacial score (nSPS) is 11.7. The summed E-state index contributed by atoms with van der Waals surface area (Å²) in [6.45, 7) is -0.379. The zero-order valence-electron chi connectivity index (χ0n) is 14.8. The van der Waals surface area contributed by atoms with E-state index in [1.54, 1.807) is 12.1 Å². The molecular weight excluding hydrogens is 479 g/mol. The Bertz CT molecular complexity index is 1100. The predicted octanol–water partition coefficient (Wildman–Crippen LogP) is 3.94.